The lowest BCUT2D eigenvalue weighted by atomic mass is 10.2. The third-order valence-electron chi connectivity index (χ3n) is 1.62. The van der Waals surface area contributed by atoms with Crippen molar-refractivity contribution >= 4 is 19.4 Å². The van der Waals surface area contributed by atoms with E-state index in [1.54, 1.807) is 0 Å². The molecule has 0 atom stereocenters. The molecule has 0 saturated heterocycles. The first kappa shape index (κ1) is 13.6. The summed E-state index contributed by atoms with van der Waals surface area (Å²) in [6.07, 6.45) is 0. The van der Waals surface area contributed by atoms with Gasteiger partial charge in [-0.25, -0.2) is 0 Å². The van der Waals surface area contributed by atoms with Gasteiger partial charge in [-0.05, 0) is 17.7 Å². The molecule has 3 nitrogen and oxygen atoms in total. The summed E-state index contributed by atoms with van der Waals surface area (Å²) in [5.74, 6) is -0.752. The van der Waals surface area contributed by atoms with Gasteiger partial charge in [0.2, 0.25) is 13.7 Å². The molecule has 0 spiro atoms. The van der Waals surface area contributed by atoms with E-state index < -0.39 is 5.87 Å². The van der Waals surface area contributed by atoms with Crippen molar-refractivity contribution in [2.24, 2.45) is 0 Å². The lowest BCUT2D eigenvalue weighted by molar-refractivity contribution is 0.167. The van der Waals surface area contributed by atoms with Gasteiger partial charge in [0.05, 0.1) is 0 Å². The lowest BCUT2D eigenvalue weighted by Gasteiger charge is -2.03. The van der Waals surface area contributed by atoms with E-state index in [0.29, 0.717) is 0 Å². The van der Waals surface area contributed by atoms with Crippen LogP contribution in [0, 0.1) is 0 Å². The summed E-state index contributed by atoms with van der Waals surface area (Å²) >= 11 is 0. The summed E-state index contributed by atoms with van der Waals surface area (Å²) in [5, 5.41) is 2.99. The SMILES string of the molecule is CC.[B]C(=O)OCc1ccc(NC)cc1. The maximum atomic E-state index is 10.3. The van der Waals surface area contributed by atoms with Crippen molar-refractivity contribution in [3.8, 4) is 0 Å². The number of ether oxygens (including phenoxy) is 1. The summed E-state index contributed by atoms with van der Waals surface area (Å²) in [6.45, 7) is 4.22. The number of anilines is 1. The first-order valence-electron chi connectivity index (χ1n) is 4.91. The first-order valence-corrected chi connectivity index (χ1v) is 4.91. The summed E-state index contributed by atoms with van der Waals surface area (Å²) < 4.78 is 4.62. The molecular weight excluding hydrogens is 189 g/mol. The smallest absolute Gasteiger partial charge is 0.236 e. The molecule has 15 heavy (non-hydrogen) atoms. The van der Waals surface area contributed by atoms with E-state index in [2.05, 4.69) is 10.1 Å². The average molecular weight is 205 g/mol. The highest BCUT2D eigenvalue weighted by Crippen LogP contribution is 2.09. The van der Waals surface area contributed by atoms with Crippen LogP contribution in [-0.2, 0) is 11.3 Å². The van der Waals surface area contributed by atoms with Crippen molar-refractivity contribution in [3.63, 3.8) is 0 Å². The second kappa shape index (κ2) is 7.91. The number of benzene rings is 1. The van der Waals surface area contributed by atoms with Gasteiger partial charge in [-0.2, -0.15) is 0 Å². The molecule has 1 N–H and O–H groups in total. The molecule has 0 aliphatic heterocycles. The van der Waals surface area contributed by atoms with Crippen LogP contribution < -0.4 is 5.32 Å². The number of hydrogen-bond acceptors (Lipinski definition) is 3. The minimum atomic E-state index is -0.752. The average Bonchev–Trinajstić information content (AvgIpc) is 2.30. The van der Waals surface area contributed by atoms with E-state index in [0.717, 1.165) is 11.3 Å². The molecule has 0 heterocycles. The highest BCUT2D eigenvalue weighted by atomic mass is 16.5. The van der Waals surface area contributed by atoms with Crippen LogP contribution in [-0.4, -0.2) is 20.8 Å². The van der Waals surface area contributed by atoms with Crippen LogP contribution in [0.25, 0.3) is 0 Å². The minimum absolute atomic E-state index is 0.222. The van der Waals surface area contributed by atoms with Crippen molar-refractivity contribution in [2.45, 2.75) is 20.5 Å². The molecule has 4 heteroatoms. The van der Waals surface area contributed by atoms with Gasteiger partial charge in [-0.1, -0.05) is 26.0 Å². The van der Waals surface area contributed by atoms with Crippen molar-refractivity contribution < 1.29 is 9.53 Å². The Hall–Kier alpha value is -1.45. The highest BCUT2D eigenvalue weighted by Gasteiger charge is 1.95. The fourth-order valence-electron chi connectivity index (χ4n) is 0.922. The zero-order chi connectivity index (χ0) is 11.7. The molecule has 0 aliphatic carbocycles. The second-order valence-corrected chi connectivity index (χ2v) is 2.55. The number of nitrogens with one attached hydrogen (secondary N) is 1. The minimum Gasteiger partial charge on any atom is -0.470 e. The van der Waals surface area contributed by atoms with E-state index in [1.165, 1.54) is 0 Å². The Morgan fingerprint density at radius 2 is 1.87 bits per heavy atom. The van der Waals surface area contributed by atoms with Gasteiger partial charge >= 0.3 is 0 Å². The van der Waals surface area contributed by atoms with Gasteiger partial charge in [0.15, 0.2) is 0 Å². The Balaban J connectivity index is 0.000000921. The van der Waals surface area contributed by atoms with Crippen molar-refractivity contribution in [1.82, 2.24) is 0 Å². The zero-order valence-corrected chi connectivity index (χ0v) is 9.41. The van der Waals surface area contributed by atoms with Gasteiger partial charge < -0.3 is 10.1 Å². The Bertz CT molecular complexity index is 285. The number of hydrogen-bond donors (Lipinski definition) is 1. The molecular formula is C11H16BNO2. The standard InChI is InChI=1S/C9H10BNO2.C2H6/c1-11-8-4-2-7(3-5-8)6-13-9(10)12;1-2/h2-5,11H,6H2,1H3;1-2H3. The van der Waals surface area contributed by atoms with E-state index >= 15 is 0 Å². The van der Waals surface area contributed by atoms with Crippen molar-refractivity contribution in [2.75, 3.05) is 12.4 Å². The molecule has 1 rings (SSSR count). The monoisotopic (exact) mass is 205 g/mol. The molecule has 80 valence electrons. The van der Waals surface area contributed by atoms with Crippen molar-refractivity contribution in [1.29, 1.82) is 0 Å². The maximum Gasteiger partial charge on any atom is 0.236 e. The third-order valence-corrected chi connectivity index (χ3v) is 1.62. The highest BCUT2D eigenvalue weighted by molar-refractivity contribution is 6.55. The molecule has 0 aliphatic rings. The summed E-state index contributed by atoms with van der Waals surface area (Å²) in [6, 6.07) is 7.54. The fourth-order valence-corrected chi connectivity index (χ4v) is 0.922. The molecule has 0 saturated carbocycles. The van der Waals surface area contributed by atoms with Crippen LogP contribution in [0.4, 0.5) is 10.5 Å². The quantitative estimate of drug-likeness (QED) is 0.770. The van der Waals surface area contributed by atoms with E-state index in [9.17, 15) is 4.79 Å². The summed E-state index contributed by atoms with van der Waals surface area (Å²) in [4.78, 5) is 10.3. The summed E-state index contributed by atoms with van der Waals surface area (Å²) in [7, 11) is 6.67. The maximum absolute atomic E-state index is 10.3. The molecule has 0 amide bonds. The molecule has 0 aromatic heterocycles. The number of carbonyl (C=O) groups excluding carboxylic acids is 1. The van der Waals surface area contributed by atoms with Crippen LogP contribution in [0.15, 0.2) is 24.3 Å². The van der Waals surface area contributed by atoms with E-state index in [4.69, 9.17) is 7.85 Å². The topological polar surface area (TPSA) is 38.3 Å². The zero-order valence-electron chi connectivity index (χ0n) is 9.41. The Morgan fingerprint density at radius 1 is 1.33 bits per heavy atom. The van der Waals surface area contributed by atoms with Crippen molar-refractivity contribution in [3.05, 3.63) is 29.8 Å². The molecule has 0 fully saturated rings. The first-order chi connectivity index (χ1) is 7.22. The van der Waals surface area contributed by atoms with Crippen LogP contribution in [0.2, 0.25) is 0 Å². The third kappa shape index (κ3) is 5.78. The molecule has 1 aromatic rings. The van der Waals surface area contributed by atoms with E-state index in [1.807, 2.05) is 45.2 Å². The largest absolute Gasteiger partial charge is 0.470 e. The number of rotatable bonds is 3. The molecule has 1 aromatic carbocycles. The van der Waals surface area contributed by atoms with Gasteiger partial charge in [0.1, 0.15) is 6.61 Å². The second-order valence-electron chi connectivity index (χ2n) is 2.55. The van der Waals surface area contributed by atoms with Gasteiger partial charge in [-0.15, -0.1) is 0 Å². The predicted molar refractivity (Wildman–Crippen MR) is 63.3 cm³/mol. The van der Waals surface area contributed by atoms with E-state index in [-0.39, 0.29) is 6.61 Å². The normalized spacial score (nSPS) is 8.47. The molecule has 2 radical (unpaired) electrons. The predicted octanol–water partition coefficient (Wildman–Crippen LogP) is 2.56. The Kier molecular flexibility index (Phi) is 7.15. The fraction of sp³-hybridized carbons (Fsp3) is 0.364. The molecule has 0 unspecified atom stereocenters. The van der Waals surface area contributed by atoms with Gasteiger partial charge in [0.25, 0.3) is 0 Å². The lowest BCUT2D eigenvalue weighted by Crippen LogP contribution is -2.00. The van der Waals surface area contributed by atoms with Crippen LogP contribution in [0.5, 0.6) is 0 Å². The van der Waals surface area contributed by atoms with Gasteiger partial charge in [0, 0.05) is 12.7 Å². The summed E-state index contributed by atoms with van der Waals surface area (Å²) in [5.41, 5.74) is 1.93. The van der Waals surface area contributed by atoms with Crippen LogP contribution in [0.1, 0.15) is 19.4 Å². The van der Waals surface area contributed by atoms with Gasteiger partial charge in [-0.3, -0.25) is 4.79 Å². The van der Waals surface area contributed by atoms with Crippen LogP contribution in [0.3, 0.4) is 0 Å². The number of carbonyl (C=O) groups is 1. The Morgan fingerprint density at radius 3 is 2.27 bits per heavy atom. The molecule has 0 bridgehead atoms. The van der Waals surface area contributed by atoms with Crippen LogP contribution >= 0.6 is 0 Å². The Labute approximate surface area is 92.2 Å².